The summed E-state index contributed by atoms with van der Waals surface area (Å²) in [6.45, 7) is 2.15. The molecule has 0 radical (unpaired) electrons. The number of hydrogen-bond donors (Lipinski definition) is 0. The fraction of sp³-hybridized carbons (Fsp3) is 0.250. The molecule has 1 aromatic rings. The van der Waals surface area contributed by atoms with E-state index < -0.39 is 0 Å². The molecule has 0 aliphatic carbocycles. The van der Waals surface area contributed by atoms with E-state index in [1.54, 1.807) is 13.1 Å². The molecule has 1 heterocycles. The van der Waals surface area contributed by atoms with Crippen LogP contribution >= 0.6 is 45.2 Å². The average molecular weight is 403 g/mol. The van der Waals surface area contributed by atoms with Crippen LogP contribution in [0.2, 0.25) is 0 Å². The van der Waals surface area contributed by atoms with Crippen molar-refractivity contribution in [3.63, 3.8) is 0 Å². The largest absolute Gasteiger partial charge is 0.461 e. The van der Waals surface area contributed by atoms with Gasteiger partial charge in [-0.1, -0.05) is 0 Å². The summed E-state index contributed by atoms with van der Waals surface area (Å²) in [4.78, 5) is 15.3. The van der Waals surface area contributed by atoms with Crippen LogP contribution in [0.1, 0.15) is 17.4 Å². The van der Waals surface area contributed by atoms with Crippen molar-refractivity contribution < 1.29 is 9.53 Å². The Morgan fingerprint density at radius 2 is 2.31 bits per heavy atom. The normalized spacial score (nSPS) is 9.77. The Bertz CT molecular complexity index is 328. The summed E-state index contributed by atoms with van der Waals surface area (Å²) in [6.07, 6.45) is 1.65. The molecule has 0 atom stereocenters. The van der Waals surface area contributed by atoms with Gasteiger partial charge in [0.05, 0.1) is 6.61 Å². The van der Waals surface area contributed by atoms with E-state index in [1.807, 2.05) is 6.07 Å². The second-order valence-electron chi connectivity index (χ2n) is 2.20. The van der Waals surface area contributed by atoms with E-state index in [0.29, 0.717) is 12.3 Å². The highest BCUT2D eigenvalue weighted by Gasteiger charge is 2.12. The fourth-order valence-corrected chi connectivity index (χ4v) is 2.51. The summed E-state index contributed by atoms with van der Waals surface area (Å²) >= 11 is 4.22. The molecule has 3 nitrogen and oxygen atoms in total. The number of carbonyl (C=O) groups excluding carboxylic acids is 1. The summed E-state index contributed by atoms with van der Waals surface area (Å²) < 4.78 is 6.67. The minimum atomic E-state index is -0.358. The lowest BCUT2D eigenvalue weighted by Gasteiger charge is -2.02. The zero-order valence-corrected chi connectivity index (χ0v) is 11.2. The van der Waals surface area contributed by atoms with E-state index in [1.165, 1.54) is 0 Å². The van der Waals surface area contributed by atoms with Crippen LogP contribution in [-0.4, -0.2) is 17.6 Å². The third-order valence-electron chi connectivity index (χ3n) is 1.28. The SMILES string of the molecule is CCOC(=O)c1ncc(I)cc1I. The lowest BCUT2D eigenvalue weighted by molar-refractivity contribution is 0.0518. The number of hydrogen-bond acceptors (Lipinski definition) is 3. The van der Waals surface area contributed by atoms with Gasteiger partial charge < -0.3 is 4.74 Å². The van der Waals surface area contributed by atoms with Crippen molar-refractivity contribution in [2.24, 2.45) is 0 Å². The number of halogens is 2. The van der Waals surface area contributed by atoms with Crippen LogP contribution in [-0.2, 0) is 4.74 Å². The van der Waals surface area contributed by atoms with Crippen molar-refractivity contribution in [2.45, 2.75) is 6.92 Å². The molecular formula is C8H7I2NO2. The maximum Gasteiger partial charge on any atom is 0.358 e. The Kier molecular flexibility index (Phi) is 4.36. The first-order chi connectivity index (χ1) is 6.15. The highest BCUT2D eigenvalue weighted by atomic mass is 127. The van der Waals surface area contributed by atoms with Crippen LogP contribution in [0, 0.1) is 7.14 Å². The first-order valence-electron chi connectivity index (χ1n) is 3.63. The van der Waals surface area contributed by atoms with E-state index in [4.69, 9.17) is 4.74 Å². The molecule has 1 aromatic heterocycles. The number of pyridine rings is 1. The first kappa shape index (κ1) is 11.2. The van der Waals surface area contributed by atoms with Crippen LogP contribution in [0.15, 0.2) is 12.3 Å². The van der Waals surface area contributed by atoms with Crippen molar-refractivity contribution in [2.75, 3.05) is 6.61 Å². The highest BCUT2D eigenvalue weighted by molar-refractivity contribution is 14.1. The zero-order valence-electron chi connectivity index (χ0n) is 6.88. The molecular weight excluding hydrogens is 396 g/mol. The molecule has 13 heavy (non-hydrogen) atoms. The van der Waals surface area contributed by atoms with E-state index >= 15 is 0 Å². The van der Waals surface area contributed by atoms with Gasteiger partial charge >= 0.3 is 5.97 Å². The summed E-state index contributed by atoms with van der Waals surface area (Å²) in [5, 5.41) is 0. The van der Waals surface area contributed by atoms with Crippen molar-refractivity contribution in [3.05, 3.63) is 25.1 Å². The minimum Gasteiger partial charge on any atom is -0.461 e. The summed E-state index contributed by atoms with van der Waals surface area (Å²) in [7, 11) is 0. The fourth-order valence-electron chi connectivity index (χ4n) is 0.764. The van der Waals surface area contributed by atoms with Crippen LogP contribution in [0.4, 0.5) is 0 Å². The van der Waals surface area contributed by atoms with Crippen molar-refractivity contribution in [3.8, 4) is 0 Å². The van der Waals surface area contributed by atoms with Gasteiger partial charge in [0, 0.05) is 13.3 Å². The Balaban J connectivity index is 2.95. The topological polar surface area (TPSA) is 39.2 Å². The predicted molar refractivity (Wildman–Crippen MR) is 65.6 cm³/mol. The van der Waals surface area contributed by atoms with Crippen LogP contribution in [0.25, 0.3) is 0 Å². The van der Waals surface area contributed by atoms with E-state index in [0.717, 1.165) is 7.14 Å². The molecule has 0 fully saturated rings. The second-order valence-corrected chi connectivity index (χ2v) is 4.61. The molecule has 70 valence electrons. The van der Waals surface area contributed by atoms with Crippen molar-refractivity contribution in [1.82, 2.24) is 4.98 Å². The molecule has 0 N–H and O–H groups in total. The Morgan fingerprint density at radius 3 is 2.85 bits per heavy atom. The van der Waals surface area contributed by atoms with E-state index in [9.17, 15) is 4.79 Å². The first-order valence-corrected chi connectivity index (χ1v) is 5.79. The molecule has 0 saturated carbocycles. The number of esters is 1. The minimum absolute atomic E-state index is 0.358. The number of ether oxygens (including phenoxy) is 1. The van der Waals surface area contributed by atoms with Gasteiger partial charge in [-0.2, -0.15) is 0 Å². The molecule has 0 aliphatic rings. The quantitative estimate of drug-likeness (QED) is 0.563. The average Bonchev–Trinajstić information content (AvgIpc) is 2.04. The van der Waals surface area contributed by atoms with Gasteiger partial charge in [-0.25, -0.2) is 9.78 Å². The van der Waals surface area contributed by atoms with Gasteiger partial charge in [-0.3, -0.25) is 0 Å². The third kappa shape index (κ3) is 3.04. The van der Waals surface area contributed by atoms with Crippen molar-refractivity contribution >= 4 is 51.2 Å². The van der Waals surface area contributed by atoms with Gasteiger partial charge in [0.15, 0.2) is 5.69 Å². The molecule has 5 heteroatoms. The maximum atomic E-state index is 11.3. The Hall–Kier alpha value is 0.0800. The number of nitrogens with zero attached hydrogens (tertiary/aromatic N) is 1. The van der Waals surface area contributed by atoms with Crippen LogP contribution in [0.5, 0.6) is 0 Å². The molecule has 0 amide bonds. The number of aromatic nitrogens is 1. The smallest absolute Gasteiger partial charge is 0.358 e. The summed E-state index contributed by atoms with van der Waals surface area (Å²) in [6, 6.07) is 1.89. The maximum absolute atomic E-state index is 11.3. The second kappa shape index (κ2) is 5.08. The lowest BCUT2D eigenvalue weighted by Crippen LogP contribution is -2.09. The predicted octanol–water partition coefficient (Wildman–Crippen LogP) is 2.47. The van der Waals surface area contributed by atoms with E-state index in [2.05, 4.69) is 50.2 Å². The molecule has 0 unspecified atom stereocenters. The van der Waals surface area contributed by atoms with Crippen LogP contribution < -0.4 is 0 Å². The Morgan fingerprint density at radius 1 is 1.62 bits per heavy atom. The molecule has 0 aliphatic heterocycles. The molecule has 0 aromatic carbocycles. The molecule has 0 bridgehead atoms. The van der Waals surface area contributed by atoms with E-state index in [-0.39, 0.29) is 5.97 Å². The standard InChI is InChI=1S/C8H7I2NO2/c1-2-13-8(12)7-6(10)3-5(9)4-11-7/h3-4H,2H2,1H3. The number of rotatable bonds is 2. The lowest BCUT2D eigenvalue weighted by atomic mass is 10.3. The number of carbonyl (C=O) groups is 1. The highest BCUT2D eigenvalue weighted by Crippen LogP contribution is 2.14. The monoisotopic (exact) mass is 403 g/mol. The van der Waals surface area contributed by atoms with Gasteiger partial charge in [0.1, 0.15) is 0 Å². The van der Waals surface area contributed by atoms with Gasteiger partial charge in [0.2, 0.25) is 0 Å². The molecule has 0 spiro atoms. The molecule has 0 saturated heterocycles. The summed E-state index contributed by atoms with van der Waals surface area (Å²) in [5.74, 6) is -0.358. The van der Waals surface area contributed by atoms with Gasteiger partial charge in [-0.15, -0.1) is 0 Å². The summed E-state index contributed by atoms with van der Waals surface area (Å²) in [5.41, 5.74) is 0.392. The van der Waals surface area contributed by atoms with Crippen molar-refractivity contribution in [1.29, 1.82) is 0 Å². The third-order valence-corrected chi connectivity index (χ3v) is 2.69. The van der Waals surface area contributed by atoms with Crippen LogP contribution in [0.3, 0.4) is 0 Å². The van der Waals surface area contributed by atoms with Gasteiger partial charge in [-0.05, 0) is 58.2 Å². The molecule has 1 rings (SSSR count). The Labute approximate surface area is 104 Å². The van der Waals surface area contributed by atoms with Gasteiger partial charge in [0.25, 0.3) is 0 Å². The zero-order chi connectivity index (χ0) is 9.84.